The van der Waals surface area contributed by atoms with Gasteiger partial charge >= 0.3 is 5.97 Å². The standard InChI is InChI=1S/C69H127NO5/c1-3-5-7-9-11-13-15-17-19-20-21-22-24-27-30-34-37-41-45-49-53-57-61-67(72)66(65-71)70-68(73)62-58-54-50-46-42-38-35-31-28-25-23-26-29-32-36-40-44-48-52-56-60-64-75-69(74)63-59-55-51-47-43-39-33-18-16-14-12-10-8-6-4-2/h12,14,18,33,40,44,52,56-57,61,66-67,71-72H,3-11,13,15-17,19-32,34-39,41-43,45-51,53-55,58-60,62-65H2,1-2H3,(H,70,73)/b14-12-,33-18-,44-40-,56-52-,61-57+. The number of allylic oxidation sites excluding steroid dienone is 8. The summed E-state index contributed by atoms with van der Waals surface area (Å²) in [6, 6.07) is -0.634. The van der Waals surface area contributed by atoms with Gasteiger partial charge in [-0.2, -0.15) is 0 Å². The lowest BCUT2D eigenvalue weighted by atomic mass is 10.0. The van der Waals surface area contributed by atoms with E-state index in [0.29, 0.717) is 19.4 Å². The summed E-state index contributed by atoms with van der Waals surface area (Å²) in [5.41, 5.74) is 0. The number of nitrogens with one attached hydrogen (secondary N) is 1. The van der Waals surface area contributed by atoms with E-state index in [0.717, 1.165) is 64.2 Å². The Morgan fingerprint density at radius 3 is 1.04 bits per heavy atom. The van der Waals surface area contributed by atoms with E-state index in [1.807, 2.05) is 6.08 Å². The minimum absolute atomic E-state index is 0.0500. The third-order valence-corrected chi connectivity index (χ3v) is 15.0. The Labute approximate surface area is 467 Å². The minimum Gasteiger partial charge on any atom is -0.465 e. The Morgan fingerprint density at radius 2 is 0.667 bits per heavy atom. The monoisotopic (exact) mass is 1050 g/mol. The Kier molecular flexibility index (Phi) is 62.0. The Morgan fingerprint density at radius 1 is 0.373 bits per heavy atom. The molecule has 3 N–H and O–H groups in total. The molecule has 2 atom stereocenters. The van der Waals surface area contributed by atoms with Crippen molar-refractivity contribution < 1.29 is 24.5 Å². The SMILES string of the molecule is CCCCC/C=C\C/C=C\CCCCCCCC(=O)OCC/C=C\C/C=C\CCCCCCCCCCCCCCCCC(=O)NC(CO)C(O)/C=C/CCCCCCCCCCCCCCCCCCCCCC. The third kappa shape index (κ3) is 60.6. The van der Waals surface area contributed by atoms with Crippen molar-refractivity contribution >= 4 is 11.9 Å². The van der Waals surface area contributed by atoms with Gasteiger partial charge in [0.05, 0.1) is 25.4 Å². The average molecular weight is 1050 g/mol. The van der Waals surface area contributed by atoms with Gasteiger partial charge in [-0.05, 0) is 83.5 Å². The number of hydrogen-bond acceptors (Lipinski definition) is 5. The molecule has 0 aromatic carbocycles. The van der Waals surface area contributed by atoms with Gasteiger partial charge in [-0.3, -0.25) is 9.59 Å². The van der Waals surface area contributed by atoms with Crippen LogP contribution in [0.1, 0.15) is 341 Å². The number of unbranched alkanes of at least 4 members (excludes halogenated alkanes) is 42. The topological polar surface area (TPSA) is 95.9 Å². The molecule has 438 valence electrons. The van der Waals surface area contributed by atoms with Crippen molar-refractivity contribution in [1.29, 1.82) is 0 Å². The second-order valence-corrected chi connectivity index (χ2v) is 22.4. The van der Waals surface area contributed by atoms with E-state index < -0.39 is 12.1 Å². The molecule has 0 saturated heterocycles. The molecule has 0 saturated carbocycles. The molecule has 6 nitrogen and oxygen atoms in total. The molecule has 0 radical (unpaired) electrons. The molecule has 0 spiro atoms. The highest BCUT2D eigenvalue weighted by Crippen LogP contribution is 2.17. The quantitative estimate of drug-likeness (QED) is 0.0320. The summed E-state index contributed by atoms with van der Waals surface area (Å²) in [6.07, 6.45) is 84.3. The smallest absolute Gasteiger partial charge is 0.305 e. The fourth-order valence-corrected chi connectivity index (χ4v) is 9.97. The van der Waals surface area contributed by atoms with Gasteiger partial charge < -0.3 is 20.3 Å². The highest BCUT2D eigenvalue weighted by atomic mass is 16.5. The second-order valence-electron chi connectivity index (χ2n) is 22.4. The molecule has 0 aliphatic heterocycles. The first-order valence-corrected chi connectivity index (χ1v) is 33.1. The van der Waals surface area contributed by atoms with Crippen molar-refractivity contribution in [1.82, 2.24) is 5.32 Å². The summed E-state index contributed by atoms with van der Waals surface area (Å²) in [6.45, 7) is 4.78. The van der Waals surface area contributed by atoms with E-state index >= 15 is 0 Å². The number of aliphatic hydroxyl groups excluding tert-OH is 2. The zero-order valence-electron chi connectivity index (χ0n) is 50.0. The van der Waals surface area contributed by atoms with Crippen LogP contribution in [-0.2, 0) is 14.3 Å². The zero-order valence-corrected chi connectivity index (χ0v) is 50.0. The van der Waals surface area contributed by atoms with Gasteiger partial charge in [-0.25, -0.2) is 0 Å². The van der Waals surface area contributed by atoms with Crippen molar-refractivity contribution in [2.24, 2.45) is 0 Å². The van der Waals surface area contributed by atoms with E-state index in [1.54, 1.807) is 6.08 Å². The summed E-state index contributed by atoms with van der Waals surface area (Å²) in [7, 11) is 0. The molecule has 0 rings (SSSR count). The summed E-state index contributed by atoms with van der Waals surface area (Å²) in [5, 5.41) is 23.2. The Hall–Kier alpha value is -2.44. The van der Waals surface area contributed by atoms with Crippen LogP contribution in [0, 0.1) is 0 Å². The van der Waals surface area contributed by atoms with Crippen LogP contribution in [0.4, 0.5) is 0 Å². The van der Waals surface area contributed by atoms with Crippen LogP contribution < -0.4 is 5.32 Å². The largest absolute Gasteiger partial charge is 0.465 e. The van der Waals surface area contributed by atoms with Crippen LogP contribution in [0.15, 0.2) is 60.8 Å². The van der Waals surface area contributed by atoms with E-state index in [1.165, 1.54) is 250 Å². The molecule has 0 aromatic heterocycles. The molecule has 2 unspecified atom stereocenters. The average Bonchev–Trinajstić information content (AvgIpc) is 3.41. The van der Waals surface area contributed by atoms with Crippen LogP contribution in [0.5, 0.6) is 0 Å². The number of ether oxygens (including phenoxy) is 1. The number of amides is 1. The predicted molar refractivity (Wildman–Crippen MR) is 328 cm³/mol. The van der Waals surface area contributed by atoms with Gasteiger partial charge in [0.1, 0.15) is 0 Å². The van der Waals surface area contributed by atoms with Gasteiger partial charge in [0.15, 0.2) is 0 Å². The van der Waals surface area contributed by atoms with Crippen LogP contribution in [-0.4, -0.2) is 47.4 Å². The number of carbonyl (C=O) groups is 2. The molecule has 1 amide bonds. The van der Waals surface area contributed by atoms with Crippen molar-refractivity contribution in [3.63, 3.8) is 0 Å². The first-order valence-electron chi connectivity index (χ1n) is 33.1. The maximum Gasteiger partial charge on any atom is 0.305 e. The van der Waals surface area contributed by atoms with Gasteiger partial charge in [-0.15, -0.1) is 0 Å². The van der Waals surface area contributed by atoms with Gasteiger partial charge in [0, 0.05) is 12.8 Å². The highest BCUT2D eigenvalue weighted by molar-refractivity contribution is 5.76. The van der Waals surface area contributed by atoms with Crippen molar-refractivity contribution in [3.05, 3.63) is 60.8 Å². The van der Waals surface area contributed by atoms with Crippen molar-refractivity contribution in [2.75, 3.05) is 13.2 Å². The molecule has 0 bridgehead atoms. The fraction of sp³-hybridized carbons (Fsp3) is 0.826. The Bertz CT molecular complexity index is 1300. The van der Waals surface area contributed by atoms with Gasteiger partial charge in [0.2, 0.25) is 5.91 Å². The molecule has 0 heterocycles. The van der Waals surface area contributed by atoms with Crippen LogP contribution >= 0.6 is 0 Å². The lowest BCUT2D eigenvalue weighted by Crippen LogP contribution is -2.45. The lowest BCUT2D eigenvalue weighted by Gasteiger charge is -2.20. The maximum absolute atomic E-state index is 12.5. The summed E-state index contributed by atoms with van der Waals surface area (Å²) in [5.74, 6) is -0.121. The van der Waals surface area contributed by atoms with E-state index in [-0.39, 0.29) is 18.5 Å². The second kappa shape index (κ2) is 64.1. The molecule has 6 heteroatoms. The maximum atomic E-state index is 12.5. The normalized spacial score (nSPS) is 13.0. The number of carbonyl (C=O) groups excluding carboxylic acids is 2. The van der Waals surface area contributed by atoms with Gasteiger partial charge in [-0.1, -0.05) is 306 Å². The van der Waals surface area contributed by atoms with Crippen LogP contribution in [0.3, 0.4) is 0 Å². The van der Waals surface area contributed by atoms with E-state index in [2.05, 4.69) is 67.8 Å². The first kappa shape index (κ1) is 72.6. The van der Waals surface area contributed by atoms with Crippen molar-refractivity contribution in [3.8, 4) is 0 Å². The number of rotatable bonds is 61. The third-order valence-electron chi connectivity index (χ3n) is 15.0. The van der Waals surface area contributed by atoms with E-state index in [4.69, 9.17) is 4.74 Å². The molecule has 0 aliphatic rings. The summed E-state index contributed by atoms with van der Waals surface area (Å²) in [4.78, 5) is 24.5. The molecule has 75 heavy (non-hydrogen) atoms. The summed E-state index contributed by atoms with van der Waals surface area (Å²) >= 11 is 0. The molecule has 0 aliphatic carbocycles. The molecular formula is C69H127NO5. The molecular weight excluding hydrogens is 923 g/mol. The predicted octanol–water partition coefficient (Wildman–Crippen LogP) is 21.1. The number of hydrogen-bond donors (Lipinski definition) is 3. The minimum atomic E-state index is -0.851. The number of esters is 1. The van der Waals surface area contributed by atoms with Crippen LogP contribution in [0.25, 0.3) is 0 Å². The molecule has 0 aromatic rings. The van der Waals surface area contributed by atoms with Gasteiger partial charge in [0.25, 0.3) is 0 Å². The first-order chi connectivity index (χ1) is 37.0. The molecule has 0 fully saturated rings. The van der Waals surface area contributed by atoms with E-state index in [9.17, 15) is 19.8 Å². The fourth-order valence-electron chi connectivity index (χ4n) is 9.97. The van der Waals surface area contributed by atoms with Crippen molar-refractivity contribution in [2.45, 2.75) is 353 Å². The highest BCUT2D eigenvalue weighted by Gasteiger charge is 2.18. The van der Waals surface area contributed by atoms with Crippen LogP contribution in [0.2, 0.25) is 0 Å². The zero-order chi connectivity index (χ0) is 54.3. The number of aliphatic hydroxyl groups is 2. The Balaban J connectivity index is 3.49. The lowest BCUT2D eigenvalue weighted by molar-refractivity contribution is -0.143. The summed E-state index contributed by atoms with van der Waals surface area (Å²) < 4.78 is 5.41.